The van der Waals surface area contributed by atoms with Crippen molar-refractivity contribution in [3.8, 4) is 50.2 Å². The average Bonchev–Trinajstić information content (AvgIpc) is 3.91. The highest BCUT2D eigenvalue weighted by atomic mass is 32.1. The Morgan fingerprint density at radius 1 is 0.317 bits per heavy atom. The van der Waals surface area contributed by atoms with Crippen LogP contribution in [0, 0.1) is 0 Å². The molecule has 0 aliphatic rings. The quantitative estimate of drug-likeness (QED) is 0.148. The lowest BCUT2D eigenvalue weighted by Gasteiger charge is -2.28. The maximum atomic E-state index is 2.47. The number of anilines is 3. The van der Waals surface area contributed by atoms with E-state index in [4.69, 9.17) is 0 Å². The molecule has 2 nitrogen and oxygen atoms in total. The molecule has 0 saturated heterocycles. The molecule has 0 radical (unpaired) electrons. The fourth-order valence-electron chi connectivity index (χ4n) is 9.52. The Morgan fingerprint density at radius 2 is 0.873 bits per heavy atom. The first-order chi connectivity index (χ1) is 31.3. The third kappa shape index (κ3) is 6.41. The summed E-state index contributed by atoms with van der Waals surface area (Å²) in [6, 6.07) is 88.3. The van der Waals surface area contributed by atoms with E-state index >= 15 is 0 Å². The second-order valence-corrected chi connectivity index (χ2v) is 17.1. The first-order valence-electron chi connectivity index (χ1n) is 21.5. The second kappa shape index (κ2) is 15.5. The standard InChI is InChI=1S/C60H40N2S/c1-3-17-41(18-4-1)43-19-15-20-44(39-43)42-33-36-47(37-34-42)61(46-21-5-2-6-22-46)54-28-12-9-25-50(54)49-24-8-7-23-48(49)45-35-38-56-53(40-45)51-26-10-13-29-55(51)62(56)57-30-16-32-59-60(57)52-27-11-14-31-58(52)63-59/h1-40H. The molecule has 0 fully saturated rings. The van der Waals surface area contributed by atoms with Crippen LogP contribution in [0.25, 0.3) is 92.2 Å². The average molecular weight is 821 g/mol. The number of hydrogen-bond acceptors (Lipinski definition) is 2. The first kappa shape index (κ1) is 36.8. The number of hydrogen-bond donors (Lipinski definition) is 0. The summed E-state index contributed by atoms with van der Waals surface area (Å²) in [6.45, 7) is 0. The molecule has 0 atom stereocenters. The van der Waals surface area contributed by atoms with Crippen molar-refractivity contribution >= 4 is 70.4 Å². The minimum absolute atomic E-state index is 1.09. The summed E-state index contributed by atoms with van der Waals surface area (Å²) in [5, 5.41) is 5.09. The number of fused-ring (bicyclic) bond motifs is 6. The van der Waals surface area contributed by atoms with Gasteiger partial charge in [0.05, 0.1) is 22.4 Å². The van der Waals surface area contributed by atoms with E-state index in [1.807, 2.05) is 11.3 Å². The van der Waals surface area contributed by atoms with Crippen LogP contribution in [0.1, 0.15) is 0 Å². The first-order valence-corrected chi connectivity index (χ1v) is 22.3. The van der Waals surface area contributed by atoms with Crippen molar-refractivity contribution in [2.24, 2.45) is 0 Å². The number of thiophene rings is 1. The summed E-state index contributed by atoms with van der Waals surface area (Å²) in [5.74, 6) is 0. The SMILES string of the molecule is c1ccc(-c2cccc(-c3ccc(N(c4ccccc4)c4ccccc4-c4ccccc4-c4ccc5c(c4)c4ccccc4n5-c4cccc5sc6ccccc6c45)cc3)c2)cc1. The van der Waals surface area contributed by atoms with Gasteiger partial charge in [0.1, 0.15) is 0 Å². The van der Waals surface area contributed by atoms with E-state index in [0.717, 1.165) is 22.6 Å². The molecule has 12 rings (SSSR count). The predicted molar refractivity (Wildman–Crippen MR) is 270 cm³/mol. The Hall–Kier alpha value is -7.98. The fraction of sp³-hybridized carbons (Fsp3) is 0. The molecule has 0 unspecified atom stereocenters. The molecule has 0 spiro atoms. The summed E-state index contributed by atoms with van der Waals surface area (Å²) in [6.07, 6.45) is 0. The van der Waals surface area contributed by atoms with E-state index in [1.165, 1.54) is 86.6 Å². The molecule has 3 heteroatoms. The van der Waals surface area contributed by atoms with Crippen LogP contribution in [0.4, 0.5) is 17.1 Å². The van der Waals surface area contributed by atoms with Gasteiger partial charge in [0.2, 0.25) is 0 Å². The van der Waals surface area contributed by atoms with Gasteiger partial charge in [0.15, 0.2) is 0 Å². The maximum Gasteiger partial charge on any atom is 0.0555 e. The molecule has 0 saturated carbocycles. The van der Waals surface area contributed by atoms with Crippen molar-refractivity contribution in [2.75, 3.05) is 4.90 Å². The number of para-hydroxylation sites is 3. The third-order valence-electron chi connectivity index (χ3n) is 12.4. The van der Waals surface area contributed by atoms with Crippen LogP contribution in [0.15, 0.2) is 243 Å². The highest BCUT2D eigenvalue weighted by Gasteiger charge is 2.21. The third-order valence-corrected chi connectivity index (χ3v) is 13.5. The summed E-state index contributed by atoms with van der Waals surface area (Å²) < 4.78 is 5.09. The molecule has 2 aromatic heterocycles. The molecule has 0 N–H and O–H groups in total. The number of benzene rings is 10. The van der Waals surface area contributed by atoms with Gasteiger partial charge >= 0.3 is 0 Å². The van der Waals surface area contributed by atoms with Crippen molar-refractivity contribution in [2.45, 2.75) is 0 Å². The molecule has 0 aliphatic heterocycles. The van der Waals surface area contributed by atoms with Crippen molar-refractivity contribution in [3.63, 3.8) is 0 Å². The number of nitrogens with zero attached hydrogens (tertiary/aromatic N) is 2. The molecular weight excluding hydrogens is 781 g/mol. The molecule has 2 heterocycles. The van der Waals surface area contributed by atoms with Gasteiger partial charge < -0.3 is 9.47 Å². The van der Waals surface area contributed by atoms with Gasteiger partial charge in [-0.2, -0.15) is 0 Å². The largest absolute Gasteiger partial charge is 0.310 e. The van der Waals surface area contributed by atoms with Gasteiger partial charge in [-0.3, -0.25) is 0 Å². The summed E-state index contributed by atoms with van der Waals surface area (Å²) in [7, 11) is 0. The minimum atomic E-state index is 1.09. The Labute approximate surface area is 370 Å². The highest BCUT2D eigenvalue weighted by molar-refractivity contribution is 7.25. The topological polar surface area (TPSA) is 8.17 Å². The van der Waals surface area contributed by atoms with Gasteiger partial charge in [-0.15, -0.1) is 11.3 Å². The lowest BCUT2D eigenvalue weighted by Crippen LogP contribution is -2.11. The van der Waals surface area contributed by atoms with Crippen LogP contribution in [0.3, 0.4) is 0 Å². The zero-order chi connectivity index (χ0) is 41.7. The molecule has 0 aliphatic carbocycles. The lowest BCUT2D eigenvalue weighted by molar-refractivity contribution is 1.20. The highest BCUT2D eigenvalue weighted by Crippen LogP contribution is 2.46. The Bertz CT molecular complexity index is 3620. The predicted octanol–water partition coefficient (Wildman–Crippen LogP) is 17.3. The second-order valence-electron chi connectivity index (χ2n) is 16.1. The van der Waals surface area contributed by atoms with E-state index in [-0.39, 0.29) is 0 Å². The van der Waals surface area contributed by atoms with Gasteiger partial charge in [-0.1, -0.05) is 170 Å². The van der Waals surface area contributed by atoms with Crippen molar-refractivity contribution < 1.29 is 0 Å². The van der Waals surface area contributed by atoms with Crippen LogP contribution in [0.2, 0.25) is 0 Å². The van der Waals surface area contributed by atoms with E-state index < -0.39 is 0 Å². The molecule has 10 aromatic carbocycles. The molecule has 12 aromatic rings. The Kier molecular flexibility index (Phi) is 9.06. The van der Waals surface area contributed by atoms with Gasteiger partial charge in [-0.25, -0.2) is 0 Å². The van der Waals surface area contributed by atoms with Crippen LogP contribution in [-0.4, -0.2) is 4.57 Å². The van der Waals surface area contributed by atoms with Crippen molar-refractivity contribution in [1.82, 2.24) is 4.57 Å². The Morgan fingerprint density at radius 3 is 1.68 bits per heavy atom. The number of rotatable bonds is 8. The minimum Gasteiger partial charge on any atom is -0.310 e. The van der Waals surface area contributed by atoms with E-state index in [9.17, 15) is 0 Å². The Balaban J connectivity index is 0.978. The molecular formula is C60H40N2S. The van der Waals surface area contributed by atoms with Gasteiger partial charge in [0, 0.05) is 47.9 Å². The summed E-state index contributed by atoms with van der Waals surface area (Å²) in [5.41, 5.74) is 16.5. The molecule has 0 amide bonds. The molecule has 63 heavy (non-hydrogen) atoms. The van der Waals surface area contributed by atoms with E-state index in [2.05, 4.69) is 252 Å². The van der Waals surface area contributed by atoms with Crippen LogP contribution in [0.5, 0.6) is 0 Å². The van der Waals surface area contributed by atoms with E-state index in [1.54, 1.807) is 0 Å². The monoisotopic (exact) mass is 820 g/mol. The zero-order valence-electron chi connectivity index (χ0n) is 34.4. The van der Waals surface area contributed by atoms with Crippen LogP contribution < -0.4 is 4.90 Å². The molecule has 0 bridgehead atoms. The normalized spacial score (nSPS) is 11.5. The van der Waals surface area contributed by atoms with Crippen molar-refractivity contribution in [1.29, 1.82) is 0 Å². The fourth-order valence-corrected chi connectivity index (χ4v) is 10.7. The zero-order valence-corrected chi connectivity index (χ0v) is 35.2. The lowest BCUT2D eigenvalue weighted by atomic mass is 9.92. The van der Waals surface area contributed by atoms with Gasteiger partial charge in [0.25, 0.3) is 0 Å². The van der Waals surface area contributed by atoms with Crippen LogP contribution >= 0.6 is 11.3 Å². The van der Waals surface area contributed by atoms with Gasteiger partial charge in [-0.05, 0) is 112 Å². The smallest absolute Gasteiger partial charge is 0.0555 e. The number of aromatic nitrogens is 1. The van der Waals surface area contributed by atoms with E-state index in [0.29, 0.717) is 0 Å². The van der Waals surface area contributed by atoms with Crippen molar-refractivity contribution in [3.05, 3.63) is 243 Å². The van der Waals surface area contributed by atoms with Crippen LogP contribution in [-0.2, 0) is 0 Å². The summed E-state index contributed by atoms with van der Waals surface area (Å²) >= 11 is 1.87. The summed E-state index contributed by atoms with van der Waals surface area (Å²) in [4.78, 5) is 2.39. The maximum absolute atomic E-state index is 2.47. The molecule has 296 valence electrons.